The number of hydrogen-bond donors (Lipinski definition) is 2. The number of nitrogens with one attached hydrogen (secondary N) is 1. The highest BCUT2D eigenvalue weighted by atomic mass is 35.5. The maximum Gasteiger partial charge on any atom is 0.293 e. The number of amides is 2. The van der Waals surface area contributed by atoms with Crippen LogP contribution in [0.25, 0.3) is 0 Å². The van der Waals surface area contributed by atoms with E-state index < -0.39 is 4.92 Å². The second-order valence-electron chi connectivity index (χ2n) is 6.48. The van der Waals surface area contributed by atoms with Crippen molar-refractivity contribution in [2.24, 2.45) is 5.73 Å². The maximum absolute atomic E-state index is 12.2. The van der Waals surface area contributed by atoms with Crippen molar-refractivity contribution in [1.29, 1.82) is 0 Å². The van der Waals surface area contributed by atoms with Crippen molar-refractivity contribution in [2.75, 3.05) is 37.6 Å². The molecule has 9 nitrogen and oxygen atoms in total. The van der Waals surface area contributed by atoms with Gasteiger partial charge >= 0.3 is 0 Å². The molecule has 1 atom stereocenters. The topological polar surface area (TPSA) is 122 Å². The van der Waals surface area contributed by atoms with Crippen LogP contribution in [0.5, 0.6) is 0 Å². The number of nitro benzene ring substituents is 1. The summed E-state index contributed by atoms with van der Waals surface area (Å²) in [5.74, 6) is -0.361. The molecule has 0 bridgehead atoms. The Morgan fingerprint density at radius 1 is 1.30 bits per heavy atom. The maximum atomic E-state index is 12.2. The van der Waals surface area contributed by atoms with E-state index in [2.05, 4.69) is 5.32 Å². The molecule has 1 aromatic rings. The van der Waals surface area contributed by atoms with Gasteiger partial charge in [0.25, 0.3) is 11.6 Å². The van der Waals surface area contributed by atoms with E-state index in [1.807, 2.05) is 11.8 Å². The molecule has 0 saturated carbocycles. The van der Waals surface area contributed by atoms with Crippen LogP contribution in [-0.2, 0) is 4.79 Å². The third-order valence-corrected chi connectivity index (χ3v) is 4.39. The average molecular weight is 400 g/mol. The first-order chi connectivity index (χ1) is 12.3. The van der Waals surface area contributed by atoms with Crippen LogP contribution in [0.4, 0.5) is 11.4 Å². The fourth-order valence-electron chi connectivity index (χ4n) is 2.86. The van der Waals surface area contributed by atoms with Gasteiger partial charge in [-0.2, -0.15) is 0 Å². The van der Waals surface area contributed by atoms with E-state index in [-0.39, 0.29) is 41.5 Å². The van der Waals surface area contributed by atoms with E-state index >= 15 is 0 Å². The van der Waals surface area contributed by atoms with E-state index in [0.29, 0.717) is 44.8 Å². The van der Waals surface area contributed by atoms with Gasteiger partial charge in [0.05, 0.1) is 4.92 Å². The number of anilines is 1. The lowest BCUT2D eigenvalue weighted by Crippen LogP contribution is -2.48. The van der Waals surface area contributed by atoms with Crippen molar-refractivity contribution in [3.05, 3.63) is 33.9 Å². The Kier molecular flexibility index (Phi) is 8.45. The van der Waals surface area contributed by atoms with Gasteiger partial charge in [0.2, 0.25) is 5.91 Å². The Hall–Kier alpha value is -2.39. The Morgan fingerprint density at radius 3 is 2.44 bits per heavy atom. The van der Waals surface area contributed by atoms with Crippen LogP contribution in [0.1, 0.15) is 30.6 Å². The first-order valence-corrected chi connectivity index (χ1v) is 8.62. The quantitative estimate of drug-likeness (QED) is 0.546. The summed E-state index contributed by atoms with van der Waals surface area (Å²) < 4.78 is 0. The molecule has 0 aliphatic carbocycles. The molecule has 2 amide bonds. The fourth-order valence-corrected chi connectivity index (χ4v) is 2.86. The fraction of sp³-hybridized carbons (Fsp3) is 0.529. The zero-order valence-corrected chi connectivity index (χ0v) is 16.3. The number of piperazine rings is 1. The van der Waals surface area contributed by atoms with E-state index in [4.69, 9.17) is 5.73 Å². The third-order valence-electron chi connectivity index (χ3n) is 4.39. The SMILES string of the molecule is CC(=O)N1CCN(c2ccc(C(=O)NCCC(C)N)cc2[N+](=O)[O-])CC1.Cl. The number of rotatable bonds is 6. The summed E-state index contributed by atoms with van der Waals surface area (Å²) in [5.41, 5.74) is 6.24. The molecule has 0 aromatic heterocycles. The zero-order valence-electron chi connectivity index (χ0n) is 15.5. The van der Waals surface area contributed by atoms with E-state index in [0.717, 1.165) is 0 Å². The summed E-state index contributed by atoms with van der Waals surface area (Å²) in [6, 6.07) is 4.46. The van der Waals surface area contributed by atoms with Gasteiger partial charge in [-0.3, -0.25) is 19.7 Å². The Morgan fingerprint density at radius 2 is 1.93 bits per heavy atom. The van der Waals surface area contributed by atoms with Crippen molar-refractivity contribution in [3.63, 3.8) is 0 Å². The lowest BCUT2D eigenvalue weighted by atomic mass is 10.1. The van der Waals surface area contributed by atoms with Crippen LogP contribution in [0.15, 0.2) is 18.2 Å². The summed E-state index contributed by atoms with van der Waals surface area (Å²) in [6.07, 6.45) is 0.631. The molecule has 0 spiro atoms. The van der Waals surface area contributed by atoms with Crippen molar-refractivity contribution >= 4 is 35.6 Å². The number of nitro groups is 1. The molecule has 1 unspecified atom stereocenters. The number of carbonyl (C=O) groups is 2. The number of carbonyl (C=O) groups excluding carboxylic acids is 2. The first-order valence-electron chi connectivity index (χ1n) is 8.62. The van der Waals surface area contributed by atoms with Gasteiger partial charge in [0.15, 0.2) is 0 Å². The molecule has 3 N–H and O–H groups in total. The molecular formula is C17H26ClN5O4. The highest BCUT2D eigenvalue weighted by molar-refractivity contribution is 5.95. The average Bonchev–Trinajstić information content (AvgIpc) is 2.60. The van der Waals surface area contributed by atoms with Gasteiger partial charge in [-0.1, -0.05) is 0 Å². The summed E-state index contributed by atoms with van der Waals surface area (Å²) in [6.45, 7) is 5.84. The molecule has 2 rings (SSSR count). The summed E-state index contributed by atoms with van der Waals surface area (Å²) >= 11 is 0. The molecule has 1 aliphatic heterocycles. The smallest absolute Gasteiger partial charge is 0.293 e. The predicted octanol–water partition coefficient (Wildman–Crippen LogP) is 1.15. The molecule has 27 heavy (non-hydrogen) atoms. The minimum absolute atomic E-state index is 0. The monoisotopic (exact) mass is 399 g/mol. The van der Waals surface area contributed by atoms with E-state index in [1.54, 1.807) is 17.0 Å². The molecule has 10 heteroatoms. The van der Waals surface area contributed by atoms with Crippen LogP contribution >= 0.6 is 12.4 Å². The Labute approximate surface area is 164 Å². The third kappa shape index (κ3) is 6.07. The highest BCUT2D eigenvalue weighted by Gasteiger charge is 2.25. The summed E-state index contributed by atoms with van der Waals surface area (Å²) in [4.78, 5) is 38.2. The van der Waals surface area contributed by atoms with Gasteiger partial charge in [0.1, 0.15) is 5.69 Å². The van der Waals surface area contributed by atoms with Crippen LogP contribution in [0.2, 0.25) is 0 Å². The lowest BCUT2D eigenvalue weighted by Gasteiger charge is -2.35. The van der Waals surface area contributed by atoms with Gasteiger partial charge < -0.3 is 20.9 Å². The number of benzene rings is 1. The molecule has 1 saturated heterocycles. The molecule has 1 aromatic carbocycles. The lowest BCUT2D eigenvalue weighted by molar-refractivity contribution is -0.384. The molecule has 1 heterocycles. The van der Waals surface area contributed by atoms with Gasteiger partial charge in [-0.25, -0.2) is 0 Å². The van der Waals surface area contributed by atoms with Crippen molar-refractivity contribution in [3.8, 4) is 0 Å². The van der Waals surface area contributed by atoms with Crippen LogP contribution < -0.4 is 16.0 Å². The molecule has 1 aliphatic rings. The second kappa shape index (κ2) is 10.1. The molecule has 0 radical (unpaired) electrons. The Bertz CT molecular complexity index is 690. The number of nitrogens with two attached hydrogens (primary N) is 1. The summed E-state index contributed by atoms with van der Waals surface area (Å²) in [7, 11) is 0. The van der Waals surface area contributed by atoms with Gasteiger partial charge in [0, 0.05) is 57.3 Å². The largest absolute Gasteiger partial charge is 0.362 e. The molecular weight excluding hydrogens is 374 g/mol. The number of nitrogens with zero attached hydrogens (tertiary/aromatic N) is 3. The van der Waals surface area contributed by atoms with E-state index in [1.165, 1.54) is 13.0 Å². The van der Waals surface area contributed by atoms with Crippen LogP contribution in [0, 0.1) is 10.1 Å². The van der Waals surface area contributed by atoms with Crippen molar-refractivity contribution in [1.82, 2.24) is 10.2 Å². The van der Waals surface area contributed by atoms with Crippen molar-refractivity contribution in [2.45, 2.75) is 26.3 Å². The predicted molar refractivity (Wildman–Crippen MR) is 105 cm³/mol. The molecule has 1 fully saturated rings. The number of halogens is 1. The van der Waals surface area contributed by atoms with Gasteiger partial charge in [-0.15, -0.1) is 12.4 Å². The summed E-state index contributed by atoms with van der Waals surface area (Å²) in [5, 5.41) is 14.2. The first kappa shape index (κ1) is 22.7. The number of hydrogen-bond acceptors (Lipinski definition) is 6. The van der Waals surface area contributed by atoms with Crippen molar-refractivity contribution < 1.29 is 14.5 Å². The standard InChI is InChI=1S/C17H25N5O4.ClH/c1-12(18)5-6-19-17(24)14-3-4-15(16(11-14)22(25)26)21-9-7-20(8-10-21)13(2)23;/h3-4,11-12H,5-10,18H2,1-2H3,(H,19,24);1H. The van der Waals surface area contributed by atoms with Gasteiger partial charge in [-0.05, 0) is 25.5 Å². The minimum Gasteiger partial charge on any atom is -0.362 e. The van der Waals surface area contributed by atoms with Crippen LogP contribution in [-0.4, -0.2) is 60.4 Å². The minimum atomic E-state index is -0.481. The Balaban J connectivity index is 0.00000364. The second-order valence-corrected chi connectivity index (χ2v) is 6.48. The highest BCUT2D eigenvalue weighted by Crippen LogP contribution is 2.30. The molecule has 150 valence electrons. The van der Waals surface area contributed by atoms with E-state index in [9.17, 15) is 19.7 Å². The zero-order chi connectivity index (χ0) is 19.3. The normalized spacial score (nSPS) is 14.9. The van der Waals surface area contributed by atoms with Crippen LogP contribution in [0.3, 0.4) is 0 Å².